The minimum absolute atomic E-state index is 0.0190. The number of nitrogens with zero attached hydrogens (tertiary/aromatic N) is 1. The Hall–Kier alpha value is -7.42. The van der Waals surface area contributed by atoms with Crippen LogP contribution in [-0.2, 0) is 10.8 Å². The highest BCUT2D eigenvalue weighted by molar-refractivity contribution is 6.10. The fraction of sp³-hybridized carbons (Fsp3) is 0.100. The van der Waals surface area contributed by atoms with E-state index in [1.165, 1.54) is 94.3 Å². The Kier molecular flexibility index (Phi) is 8.87. The van der Waals surface area contributed by atoms with Gasteiger partial charge in [-0.05, 0) is 121 Å². The van der Waals surface area contributed by atoms with Crippen molar-refractivity contribution in [3.05, 3.63) is 235 Å². The van der Waals surface area contributed by atoms with Gasteiger partial charge in [-0.2, -0.15) is 0 Å². The first-order chi connectivity index (χ1) is 30.3. The summed E-state index contributed by atoms with van der Waals surface area (Å²) in [6.07, 6.45) is 0. The molecule has 9 aromatic carbocycles. The largest absolute Gasteiger partial charge is 0.356 e. The molecule has 10 aromatic rings. The van der Waals surface area contributed by atoms with E-state index < -0.39 is 0 Å². The molecule has 0 bridgehead atoms. The molecule has 1 aromatic heterocycles. The van der Waals surface area contributed by atoms with Gasteiger partial charge in [0.2, 0.25) is 0 Å². The molecular weight excluding hydrogens is 749 g/mol. The second kappa shape index (κ2) is 14.6. The van der Waals surface area contributed by atoms with E-state index in [-0.39, 0.29) is 10.8 Å². The molecule has 0 aliphatic heterocycles. The van der Waals surface area contributed by atoms with Crippen molar-refractivity contribution in [3.8, 4) is 50.2 Å². The van der Waals surface area contributed by atoms with E-state index >= 15 is 0 Å². The predicted molar refractivity (Wildman–Crippen MR) is 263 cm³/mol. The van der Waals surface area contributed by atoms with Crippen molar-refractivity contribution in [2.45, 2.75) is 38.5 Å². The lowest BCUT2D eigenvalue weighted by Gasteiger charge is -2.23. The number of rotatable bonds is 5. The van der Waals surface area contributed by atoms with E-state index in [0.717, 1.165) is 11.4 Å². The van der Waals surface area contributed by atoms with Gasteiger partial charge in [-0.3, -0.25) is 0 Å². The quantitative estimate of drug-likeness (QED) is 0.184. The van der Waals surface area contributed by atoms with Crippen LogP contribution in [0.1, 0.15) is 49.9 Å². The van der Waals surface area contributed by atoms with Crippen LogP contribution in [0.25, 0.3) is 72.0 Å². The van der Waals surface area contributed by atoms with Gasteiger partial charge in [-0.15, -0.1) is 0 Å². The molecular formula is C60H48N2. The summed E-state index contributed by atoms with van der Waals surface area (Å²) >= 11 is 0. The van der Waals surface area contributed by atoms with Crippen LogP contribution >= 0.6 is 0 Å². The number of benzene rings is 9. The fourth-order valence-electron chi connectivity index (χ4n) is 10.2. The molecule has 0 radical (unpaired) electrons. The summed E-state index contributed by atoms with van der Waals surface area (Å²) in [6.45, 7) is 9.32. The number of hydrogen-bond donors (Lipinski definition) is 1. The van der Waals surface area contributed by atoms with Gasteiger partial charge in [-0.25, -0.2) is 0 Å². The maximum absolute atomic E-state index is 3.69. The lowest BCUT2D eigenvalue weighted by atomic mass is 9.82. The van der Waals surface area contributed by atoms with Crippen LogP contribution in [0.15, 0.2) is 212 Å². The van der Waals surface area contributed by atoms with Gasteiger partial charge in [0, 0.05) is 38.7 Å². The molecule has 2 aliphatic carbocycles. The van der Waals surface area contributed by atoms with E-state index in [1.807, 2.05) is 0 Å². The summed E-state index contributed by atoms with van der Waals surface area (Å²) in [5.41, 5.74) is 22.0. The lowest BCUT2D eigenvalue weighted by molar-refractivity contribution is 0.660. The van der Waals surface area contributed by atoms with Crippen molar-refractivity contribution < 1.29 is 0 Å². The highest BCUT2D eigenvalue weighted by Crippen LogP contribution is 2.51. The zero-order chi connectivity index (χ0) is 42.0. The van der Waals surface area contributed by atoms with E-state index in [4.69, 9.17) is 0 Å². The Bertz CT molecular complexity index is 3190. The standard InChI is InChI=1S/C30H27N.C30H21N/c1-29(2)25-11-7-5-9-21(25)23-15-13-19(17-27(23)29)31-20-14-16-24-22-10-6-8-12-26(22)30(3,4)28(24)18-20;1-3-9-22(10-4-1)23-15-17-24(18-16-23)25-19-20-30-28(21-25)27-13-7-8-14-29(27)31(30)26-11-5-2-6-12-26/h5-18,31H,1-4H3;1-21H. The molecule has 62 heavy (non-hydrogen) atoms. The summed E-state index contributed by atoms with van der Waals surface area (Å²) in [4.78, 5) is 0. The molecule has 0 amide bonds. The van der Waals surface area contributed by atoms with Crippen molar-refractivity contribution in [1.82, 2.24) is 4.57 Å². The molecule has 12 rings (SSSR count). The third-order valence-corrected chi connectivity index (χ3v) is 13.5. The first kappa shape index (κ1) is 37.6. The molecule has 0 saturated heterocycles. The van der Waals surface area contributed by atoms with Crippen LogP contribution in [0.4, 0.5) is 11.4 Å². The lowest BCUT2D eigenvalue weighted by Crippen LogP contribution is -2.15. The second-order valence-corrected chi connectivity index (χ2v) is 17.9. The van der Waals surface area contributed by atoms with Gasteiger partial charge in [0.25, 0.3) is 0 Å². The Morgan fingerprint density at radius 1 is 0.323 bits per heavy atom. The monoisotopic (exact) mass is 796 g/mol. The van der Waals surface area contributed by atoms with Gasteiger partial charge in [0.1, 0.15) is 0 Å². The van der Waals surface area contributed by atoms with Crippen molar-refractivity contribution in [2.75, 3.05) is 5.32 Å². The van der Waals surface area contributed by atoms with E-state index in [2.05, 4.69) is 250 Å². The first-order valence-electron chi connectivity index (χ1n) is 21.8. The summed E-state index contributed by atoms with van der Waals surface area (Å²) in [7, 11) is 0. The number of nitrogens with one attached hydrogen (secondary N) is 1. The molecule has 2 aliphatic rings. The molecule has 0 atom stereocenters. The van der Waals surface area contributed by atoms with Gasteiger partial charge >= 0.3 is 0 Å². The smallest absolute Gasteiger partial charge is 0.0541 e. The number of hydrogen-bond acceptors (Lipinski definition) is 1. The topological polar surface area (TPSA) is 17.0 Å². The van der Waals surface area contributed by atoms with E-state index in [1.54, 1.807) is 0 Å². The third kappa shape index (κ3) is 6.17. The van der Waals surface area contributed by atoms with Crippen molar-refractivity contribution >= 4 is 33.2 Å². The highest BCUT2D eigenvalue weighted by atomic mass is 15.0. The number of para-hydroxylation sites is 2. The van der Waals surface area contributed by atoms with Gasteiger partial charge in [-0.1, -0.05) is 185 Å². The molecule has 0 saturated carbocycles. The van der Waals surface area contributed by atoms with Crippen molar-refractivity contribution in [1.29, 1.82) is 0 Å². The van der Waals surface area contributed by atoms with E-state index in [0.29, 0.717) is 0 Å². The van der Waals surface area contributed by atoms with Crippen LogP contribution in [0, 0.1) is 0 Å². The second-order valence-electron chi connectivity index (χ2n) is 17.9. The molecule has 0 unspecified atom stereocenters. The molecule has 1 heterocycles. The van der Waals surface area contributed by atoms with Crippen molar-refractivity contribution in [3.63, 3.8) is 0 Å². The first-order valence-corrected chi connectivity index (χ1v) is 21.8. The maximum Gasteiger partial charge on any atom is 0.0541 e. The minimum atomic E-state index is 0.0190. The van der Waals surface area contributed by atoms with Gasteiger partial charge in [0.05, 0.1) is 11.0 Å². The zero-order valence-corrected chi connectivity index (χ0v) is 35.7. The summed E-state index contributed by atoms with van der Waals surface area (Å²) in [5, 5.41) is 6.26. The predicted octanol–water partition coefficient (Wildman–Crippen LogP) is 16.2. The highest BCUT2D eigenvalue weighted by Gasteiger charge is 2.36. The molecule has 0 fully saturated rings. The Balaban J connectivity index is 0.000000139. The normalized spacial score (nSPS) is 13.7. The summed E-state index contributed by atoms with van der Waals surface area (Å²) < 4.78 is 2.35. The van der Waals surface area contributed by atoms with Crippen LogP contribution in [0.5, 0.6) is 0 Å². The average molecular weight is 797 g/mol. The van der Waals surface area contributed by atoms with Crippen LogP contribution in [-0.4, -0.2) is 4.57 Å². The molecule has 2 heteroatoms. The Labute approximate surface area is 364 Å². The number of fused-ring (bicyclic) bond motifs is 9. The number of anilines is 2. The average Bonchev–Trinajstić information content (AvgIpc) is 3.86. The van der Waals surface area contributed by atoms with Crippen LogP contribution in [0.2, 0.25) is 0 Å². The SMILES string of the molecule is CC1(C)c2ccccc2-c2ccc(Nc3ccc4c(c3)C(C)(C)c3ccccc3-4)cc21.c1ccc(-c2ccc(-c3ccc4c(c3)c3ccccc3n4-c3ccccc3)cc2)cc1. The van der Waals surface area contributed by atoms with Crippen molar-refractivity contribution in [2.24, 2.45) is 0 Å². The van der Waals surface area contributed by atoms with Crippen LogP contribution < -0.4 is 5.32 Å². The number of aromatic nitrogens is 1. The summed E-state index contributed by atoms with van der Waals surface area (Å²) in [5.74, 6) is 0. The molecule has 0 spiro atoms. The fourth-order valence-corrected chi connectivity index (χ4v) is 10.2. The molecule has 2 nitrogen and oxygen atoms in total. The minimum Gasteiger partial charge on any atom is -0.356 e. The van der Waals surface area contributed by atoms with Gasteiger partial charge in [0.15, 0.2) is 0 Å². The van der Waals surface area contributed by atoms with Gasteiger partial charge < -0.3 is 9.88 Å². The van der Waals surface area contributed by atoms with Crippen LogP contribution in [0.3, 0.4) is 0 Å². The maximum atomic E-state index is 3.69. The Morgan fingerprint density at radius 3 is 1.35 bits per heavy atom. The Morgan fingerprint density at radius 2 is 0.758 bits per heavy atom. The molecule has 1 N–H and O–H groups in total. The summed E-state index contributed by atoms with van der Waals surface area (Å²) in [6, 6.07) is 76.7. The molecule has 298 valence electrons. The zero-order valence-electron chi connectivity index (χ0n) is 35.7. The van der Waals surface area contributed by atoms with E-state index in [9.17, 15) is 0 Å². The third-order valence-electron chi connectivity index (χ3n) is 13.5.